The van der Waals surface area contributed by atoms with E-state index in [9.17, 15) is 14.4 Å². The Labute approximate surface area is 211 Å². The Balaban J connectivity index is 1.78. The number of hydrogen-bond acceptors (Lipinski definition) is 6. The zero-order valence-corrected chi connectivity index (χ0v) is 20.7. The van der Waals surface area contributed by atoms with Crippen LogP contribution in [-0.4, -0.2) is 43.5 Å². The number of carbonyl (C=O) groups is 3. The summed E-state index contributed by atoms with van der Waals surface area (Å²) >= 11 is 6.26. The van der Waals surface area contributed by atoms with Gasteiger partial charge in [0, 0.05) is 23.0 Å². The van der Waals surface area contributed by atoms with Gasteiger partial charge in [0.25, 0.3) is 11.8 Å². The third kappa shape index (κ3) is 3.33. The highest BCUT2D eigenvalue weighted by atomic mass is 35.5. The van der Waals surface area contributed by atoms with Crippen molar-refractivity contribution in [2.24, 2.45) is 7.05 Å². The molecule has 0 bridgehead atoms. The number of aromatic nitrogens is 1. The highest BCUT2D eigenvalue weighted by Gasteiger charge is 2.41. The quantitative estimate of drug-likeness (QED) is 0.274. The molecular weight excluding hydrogens is 484 g/mol. The number of halogens is 1. The van der Waals surface area contributed by atoms with Crippen LogP contribution < -0.4 is 19.1 Å². The van der Waals surface area contributed by atoms with Crippen molar-refractivity contribution in [3.8, 4) is 17.2 Å². The molecule has 0 spiro atoms. The average molecular weight is 505 g/mol. The van der Waals surface area contributed by atoms with Gasteiger partial charge in [0.2, 0.25) is 11.5 Å². The van der Waals surface area contributed by atoms with E-state index >= 15 is 0 Å². The molecular formula is C27H21ClN2O6. The number of carbonyl (C=O) groups excluding carboxylic acids is 3. The summed E-state index contributed by atoms with van der Waals surface area (Å²) in [6.07, 6.45) is 0. The maximum Gasteiger partial charge on any atom is 0.266 e. The topological polar surface area (TPSA) is 87.1 Å². The second kappa shape index (κ2) is 8.73. The van der Waals surface area contributed by atoms with Crippen LogP contribution in [-0.2, 0) is 7.05 Å². The van der Waals surface area contributed by atoms with E-state index in [0.29, 0.717) is 33.2 Å². The van der Waals surface area contributed by atoms with Gasteiger partial charge < -0.3 is 18.8 Å². The van der Waals surface area contributed by atoms with Crippen molar-refractivity contribution in [1.29, 1.82) is 0 Å². The standard InChI is InChI=1S/C27H21ClN2O6/c1-29-19-13-15(28)9-10-18(19)22(30-26(32)16-7-5-6-8-17(16)27(30)33)23(29)24(31)14-11-20(34-2)25(36-4)21(12-14)35-3/h5-13H,1-4H3. The molecule has 8 nitrogen and oxygen atoms in total. The van der Waals surface area contributed by atoms with E-state index in [0.717, 1.165) is 4.90 Å². The summed E-state index contributed by atoms with van der Waals surface area (Å²) in [5.74, 6) is -0.529. The Bertz CT molecular complexity index is 1530. The lowest BCUT2D eigenvalue weighted by atomic mass is 10.0. The number of imide groups is 1. The highest BCUT2D eigenvalue weighted by molar-refractivity contribution is 6.38. The smallest absolute Gasteiger partial charge is 0.266 e. The lowest BCUT2D eigenvalue weighted by Gasteiger charge is -2.17. The van der Waals surface area contributed by atoms with Gasteiger partial charge in [0.05, 0.1) is 43.7 Å². The van der Waals surface area contributed by atoms with Crippen LogP contribution in [0.5, 0.6) is 17.2 Å². The molecule has 1 aromatic heterocycles. The van der Waals surface area contributed by atoms with Crippen LogP contribution in [0.25, 0.3) is 10.9 Å². The molecule has 0 fully saturated rings. The summed E-state index contributed by atoms with van der Waals surface area (Å²) in [6, 6.07) is 14.7. The number of ketones is 1. The minimum atomic E-state index is -0.503. The summed E-state index contributed by atoms with van der Waals surface area (Å²) in [5, 5.41) is 0.982. The maximum atomic E-state index is 14.1. The van der Waals surface area contributed by atoms with Crippen molar-refractivity contribution in [1.82, 2.24) is 4.57 Å². The van der Waals surface area contributed by atoms with E-state index in [1.165, 1.54) is 33.5 Å². The molecule has 2 amide bonds. The monoisotopic (exact) mass is 504 g/mol. The van der Waals surface area contributed by atoms with Gasteiger partial charge in [-0.3, -0.25) is 14.4 Å². The Hall–Kier alpha value is -4.30. The molecule has 5 rings (SSSR count). The molecule has 0 unspecified atom stereocenters. The van der Waals surface area contributed by atoms with Crippen molar-refractivity contribution in [3.05, 3.63) is 82.0 Å². The summed E-state index contributed by atoms with van der Waals surface area (Å²) in [5.41, 5.74) is 1.69. The number of nitrogens with zero attached hydrogens (tertiary/aromatic N) is 2. The van der Waals surface area contributed by atoms with Crippen LogP contribution in [0.3, 0.4) is 0 Å². The first kappa shape index (κ1) is 23.4. The van der Waals surface area contributed by atoms with Gasteiger partial charge in [-0.05, 0) is 42.5 Å². The van der Waals surface area contributed by atoms with Crippen LogP contribution in [0.15, 0.2) is 54.6 Å². The van der Waals surface area contributed by atoms with Crippen LogP contribution in [0.1, 0.15) is 36.8 Å². The minimum Gasteiger partial charge on any atom is -0.493 e. The van der Waals surface area contributed by atoms with E-state index in [1.807, 2.05) is 0 Å². The fourth-order valence-corrected chi connectivity index (χ4v) is 4.78. The van der Waals surface area contributed by atoms with E-state index in [-0.39, 0.29) is 28.1 Å². The predicted octanol–water partition coefficient (Wildman–Crippen LogP) is 4.89. The van der Waals surface area contributed by atoms with Gasteiger partial charge >= 0.3 is 0 Å². The number of rotatable bonds is 6. The molecule has 0 radical (unpaired) electrons. The molecule has 9 heteroatoms. The molecule has 0 atom stereocenters. The number of anilines is 1. The van der Waals surface area contributed by atoms with Crippen molar-refractivity contribution in [3.63, 3.8) is 0 Å². The normalized spacial score (nSPS) is 12.8. The van der Waals surface area contributed by atoms with Gasteiger partial charge in [-0.2, -0.15) is 0 Å². The zero-order chi connectivity index (χ0) is 25.7. The molecule has 0 aliphatic carbocycles. The first-order valence-corrected chi connectivity index (χ1v) is 11.3. The van der Waals surface area contributed by atoms with Crippen LogP contribution in [0.4, 0.5) is 5.69 Å². The molecule has 2 heterocycles. The maximum absolute atomic E-state index is 14.1. The second-order valence-corrected chi connectivity index (χ2v) is 8.59. The van der Waals surface area contributed by atoms with Gasteiger partial charge in [0.15, 0.2) is 11.5 Å². The number of ether oxygens (including phenoxy) is 3. The summed E-state index contributed by atoms with van der Waals surface area (Å²) in [7, 11) is 6.06. The predicted molar refractivity (Wildman–Crippen MR) is 135 cm³/mol. The number of benzene rings is 3. The van der Waals surface area contributed by atoms with E-state index < -0.39 is 17.6 Å². The van der Waals surface area contributed by atoms with Crippen LogP contribution in [0, 0.1) is 0 Å². The molecule has 0 saturated heterocycles. The van der Waals surface area contributed by atoms with E-state index in [1.54, 1.807) is 54.1 Å². The fourth-order valence-electron chi connectivity index (χ4n) is 4.62. The van der Waals surface area contributed by atoms with Crippen molar-refractivity contribution >= 4 is 45.8 Å². The molecule has 4 aromatic rings. The first-order valence-electron chi connectivity index (χ1n) is 10.9. The third-order valence-corrected chi connectivity index (χ3v) is 6.53. The second-order valence-electron chi connectivity index (χ2n) is 8.15. The molecule has 182 valence electrons. The summed E-state index contributed by atoms with van der Waals surface area (Å²) in [4.78, 5) is 42.0. The molecule has 0 N–H and O–H groups in total. The van der Waals surface area contributed by atoms with Gasteiger partial charge in [0.1, 0.15) is 5.69 Å². The highest BCUT2D eigenvalue weighted by Crippen LogP contribution is 2.42. The summed E-state index contributed by atoms with van der Waals surface area (Å²) in [6.45, 7) is 0. The number of methoxy groups -OCH3 is 3. The zero-order valence-electron chi connectivity index (χ0n) is 19.9. The van der Waals surface area contributed by atoms with Crippen molar-refractivity contribution < 1.29 is 28.6 Å². The Morgan fingerprint density at radius 2 is 1.42 bits per heavy atom. The van der Waals surface area contributed by atoms with Gasteiger partial charge in [-0.15, -0.1) is 0 Å². The first-order chi connectivity index (χ1) is 17.3. The average Bonchev–Trinajstić information content (AvgIpc) is 3.31. The van der Waals surface area contributed by atoms with Crippen molar-refractivity contribution in [2.75, 3.05) is 26.2 Å². The molecule has 0 saturated carbocycles. The van der Waals surface area contributed by atoms with Crippen LogP contribution >= 0.6 is 11.6 Å². The lowest BCUT2D eigenvalue weighted by molar-refractivity contribution is 0.0926. The number of fused-ring (bicyclic) bond motifs is 2. The van der Waals surface area contributed by atoms with Gasteiger partial charge in [-0.25, -0.2) is 4.90 Å². The Morgan fingerprint density at radius 1 is 0.833 bits per heavy atom. The SMILES string of the molecule is COc1cc(C(=O)c2c(N3C(=O)c4ccccc4C3=O)c3ccc(Cl)cc3n2C)cc(OC)c1OC. The minimum absolute atomic E-state index is 0.135. The fraction of sp³-hybridized carbons (Fsp3) is 0.148. The Kier molecular flexibility index (Phi) is 5.68. The third-order valence-electron chi connectivity index (χ3n) is 6.30. The largest absolute Gasteiger partial charge is 0.493 e. The number of aryl methyl sites for hydroxylation is 1. The Morgan fingerprint density at radius 3 is 1.94 bits per heavy atom. The van der Waals surface area contributed by atoms with Crippen molar-refractivity contribution in [2.45, 2.75) is 0 Å². The number of hydrogen-bond donors (Lipinski definition) is 0. The summed E-state index contributed by atoms with van der Waals surface area (Å²) < 4.78 is 17.8. The molecule has 1 aliphatic heterocycles. The molecule has 3 aromatic carbocycles. The number of amides is 2. The molecule has 36 heavy (non-hydrogen) atoms. The van der Waals surface area contributed by atoms with E-state index in [4.69, 9.17) is 25.8 Å². The van der Waals surface area contributed by atoms with E-state index in [2.05, 4.69) is 0 Å². The molecule has 1 aliphatic rings. The lowest BCUT2D eigenvalue weighted by Crippen LogP contribution is -2.31. The van der Waals surface area contributed by atoms with Gasteiger partial charge in [-0.1, -0.05) is 23.7 Å². The van der Waals surface area contributed by atoms with Crippen LogP contribution in [0.2, 0.25) is 5.02 Å².